The summed E-state index contributed by atoms with van der Waals surface area (Å²) in [6.45, 7) is 0. The maximum absolute atomic E-state index is 2.30. The molecule has 27 aromatic rings. The van der Waals surface area contributed by atoms with E-state index in [0.717, 1.165) is 0 Å². The van der Waals surface area contributed by atoms with E-state index in [2.05, 4.69) is 510 Å². The molecule has 0 spiro atoms. The van der Waals surface area contributed by atoms with Crippen molar-refractivity contribution in [2.24, 2.45) is 0 Å². The Morgan fingerprint density at radius 2 is 0.268 bits per heavy atom. The summed E-state index contributed by atoms with van der Waals surface area (Å²) in [5, 5.41) is 53.2. The molecule has 0 aromatic heterocycles. The van der Waals surface area contributed by atoms with Crippen LogP contribution in [0.5, 0.6) is 0 Å². The Labute approximate surface area is 807 Å². The first kappa shape index (κ1) is 88.0. The monoisotopic (exact) mass is 1760 g/mol. The normalized spacial score (nSPS) is 12.5. The maximum atomic E-state index is 2.30. The summed E-state index contributed by atoms with van der Waals surface area (Å²) < 4.78 is 0. The van der Waals surface area contributed by atoms with Crippen molar-refractivity contribution in [3.8, 4) is 0 Å². The zero-order chi connectivity index (χ0) is 92.4. The van der Waals surface area contributed by atoms with Gasteiger partial charge in [-0.2, -0.15) is 0 Å². The molecule has 0 aliphatic heterocycles. The van der Waals surface area contributed by atoms with Crippen LogP contribution < -0.4 is 0 Å². The van der Waals surface area contributed by atoms with Crippen molar-refractivity contribution in [2.45, 2.75) is 64.2 Å². The summed E-state index contributed by atoms with van der Waals surface area (Å²) in [7, 11) is 0. The van der Waals surface area contributed by atoms with E-state index in [1.165, 1.54) is 280 Å². The quantitative estimate of drug-likeness (QED) is 0.0806. The van der Waals surface area contributed by atoms with Crippen molar-refractivity contribution in [2.75, 3.05) is 0 Å². The topological polar surface area (TPSA) is 0 Å². The van der Waals surface area contributed by atoms with Crippen LogP contribution in [-0.4, -0.2) is 0 Å². The molecule has 0 bridgehead atoms. The van der Waals surface area contributed by atoms with E-state index in [0.29, 0.717) is 0 Å². The molecule has 27 aromatic carbocycles. The second-order valence-electron chi connectivity index (χ2n) is 36.2. The SMILES string of the molecule is C1=CC1.C1=CC=C1.C1=CCC1.C1CC1.C1CCC1.c1cc2ccc3cccc4ccc(c1)c2c34.c1ccc2c(c1)c1ccccc1c1ccccc21.c1ccc2c(c1)ccc1c3ccccc3ccc21.c1ccc2c(c1)ccc1ccc3ccccc3c12.c1ccc2c(c1)ccc1ccccc12.c1ccc2cc3c(ccc4ccccc43)cc2c1.c1ccc2cc3cc4ccccc4cc3cc2c1. The highest BCUT2D eigenvalue weighted by molar-refractivity contribution is 6.27. The van der Waals surface area contributed by atoms with Crippen LogP contribution in [0.4, 0.5) is 0 Å². The van der Waals surface area contributed by atoms with Gasteiger partial charge in [-0.3, -0.25) is 0 Å². The fourth-order valence-electron chi connectivity index (χ4n) is 18.9. The van der Waals surface area contributed by atoms with Gasteiger partial charge in [0, 0.05) is 0 Å². The Bertz CT molecular complexity index is 8290. The van der Waals surface area contributed by atoms with E-state index in [9.17, 15) is 0 Å². The van der Waals surface area contributed by atoms with E-state index in [1.54, 1.807) is 0 Å². The van der Waals surface area contributed by atoms with Gasteiger partial charge >= 0.3 is 0 Å². The number of benzene rings is 27. The zero-order valence-corrected chi connectivity index (χ0v) is 77.9. The van der Waals surface area contributed by atoms with Crippen molar-refractivity contribution >= 4 is 215 Å². The zero-order valence-electron chi connectivity index (χ0n) is 77.9. The van der Waals surface area contributed by atoms with E-state index in [1.807, 2.05) is 24.3 Å². The van der Waals surface area contributed by atoms with E-state index in [4.69, 9.17) is 0 Å². The molecule has 32 rings (SSSR count). The Kier molecular flexibility index (Phi) is 27.0. The molecular weight excluding hydrogens is 1660 g/mol. The van der Waals surface area contributed by atoms with Crippen LogP contribution in [-0.2, 0) is 0 Å². The Morgan fingerprint density at radius 1 is 0.101 bits per heavy atom. The van der Waals surface area contributed by atoms with Gasteiger partial charge in [-0.25, -0.2) is 0 Å². The predicted molar refractivity (Wildman–Crippen MR) is 609 cm³/mol. The molecule has 2 fully saturated rings. The first-order valence-electron chi connectivity index (χ1n) is 49.1. The second-order valence-corrected chi connectivity index (χ2v) is 36.2. The lowest BCUT2D eigenvalue weighted by molar-refractivity contribution is 0.504. The summed E-state index contributed by atoms with van der Waals surface area (Å²) in [5.41, 5.74) is 0. The molecule has 0 saturated heterocycles. The molecule has 660 valence electrons. The summed E-state index contributed by atoms with van der Waals surface area (Å²) in [4.78, 5) is 0. The van der Waals surface area contributed by atoms with E-state index in [-0.39, 0.29) is 0 Å². The lowest BCUT2D eigenvalue weighted by Gasteiger charge is -2.09. The van der Waals surface area contributed by atoms with E-state index >= 15 is 0 Å². The smallest absolute Gasteiger partial charge is 0.00268 e. The van der Waals surface area contributed by atoms with Gasteiger partial charge in [0.05, 0.1) is 0 Å². The molecule has 0 N–H and O–H groups in total. The van der Waals surface area contributed by atoms with Crippen LogP contribution >= 0.6 is 0 Å². The lowest BCUT2D eigenvalue weighted by Crippen LogP contribution is -1.85. The summed E-state index contributed by atoms with van der Waals surface area (Å²) >= 11 is 0. The number of hydrogen-bond acceptors (Lipinski definition) is 0. The third-order valence-electron chi connectivity index (χ3n) is 26.9. The van der Waals surface area contributed by atoms with E-state index < -0.39 is 0 Å². The van der Waals surface area contributed by atoms with Crippen LogP contribution in [0.1, 0.15) is 64.2 Å². The summed E-state index contributed by atoms with van der Waals surface area (Å²) in [6.07, 6.45) is 31.0. The largest absolute Gasteiger partial charge is 0.0882 e. The molecular formula is C138H108. The third kappa shape index (κ3) is 20.1. The van der Waals surface area contributed by atoms with Gasteiger partial charge in [-0.05, 0) is 271 Å². The van der Waals surface area contributed by atoms with Crippen LogP contribution in [0.3, 0.4) is 0 Å². The fourth-order valence-corrected chi connectivity index (χ4v) is 18.9. The van der Waals surface area contributed by atoms with Gasteiger partial charge in [-0.1, -0.05) is 542 Å². The summed E-state index contributed by atoms with van der Waals surface area (Å²) in [5.74, 6) is 0. The standard InChI is InChI=1S/5C18H12.C16H10.C14H10.C4H8.C4H6.C4H4.C3H6.C3H4/c1-3-7-16-13(5-1)9-11-15-12-10-14-6-2-4-8-17(14)18(15)16;1-3-7-15-13(5-1)9-11-18-16-8-4-2-6-14(16)10-12-17(15)18;1-2-8-14-13(7-1)15-9-3-4-11-17(15)18-12-6-5-10-16(14)18;1-2-7-15-12-18-16(11-14(15)6-1)10-9-13-5-3-4-8-17(13)18;1-2-6-14-10-18-12-16-8-4-3-7-15(16)11-17(18)9-13(14)5-1;1-3-11-7-9-13-5-2-6-14-10-8-12(4-1)15(11)16(13)14;1-3-7-13-11(5-1)9-10-12-6-2-4-8-14(12)13;3*1-2-4-3-1;2*1-2-3-1/h5*1-12H;1-10H;1-10H;1-4H2;1-2H,3-4H2;1-4H;1-3H2;1-2H,3H2. The average molecular weight is 1770 g/mol. The molecule has 0 heterocycles. The van der Waals surface area contributed by atoms with Crippen molar-refractivity contribution in [1.29, 1.82) is 0 Å². The first-order chi connectivity index (χ1) is 68.5. The molecule has 0 unspecified atom stereocenters. The Hall–Kier alpha value is -16.6. The van der Waals surface area contributed by atoms with Gasteiger partial charge in [0.15, 0.2) is 0 Å². The molecule has 0 radical (unpaired) electrons. The van der Waals surface area contributed by atoms with Crippen LogP contribution in [0.25, 0.3) is 215 Å². The van der Waals surface area contributed by atoms with Gasteiger partial charge in [-0.15, -0.1) is 0 Å². The highest BCUT2D eigenvalue weighted by atomic mass is 14.2. The fraction of sp³-hybridized carbons (Fsp3) is 0.0725. The Morgan fingerprint density at radius 3 is 0.514 bits per heavy atom. The number of allylic oxidation sites excluding steroid dienone is 8. The molecule has 5 aliphatic carbocycles. The average Bonchev–Trinajstić information content (AvgIpc) is 1.36. The van der Waals surface area contributed by atoms with Gasteiger partial charge < -0.3 is 0 Å². The Balaban J connectivity index is 0.0000000929. The number of rotatable bonds is 0. The van der Waals surface area contributed by atoms with Gasteiger partial charge in [0.2, 0.25) is 0 Å². The van der Waals surface area contributed by atoms with Crippen LogP contribution in [0.2, 0.25) is 0 Å². The van der Waals surface area contributed by atoms with Crippen LogP contribution in [0, 0.1) is 0 Å². The van der Waals surface area contributed by atoms with Crippen molar-refractivity contribution in [3.63, 3.8) is 0 Å². The molecule has 0 nitrogen and oxygen atoms in total. The van der Waals surface area contributed by atoms with Crippen molar-refractivity contribution in [1.82, 2.24) is 0 Å². The number of hydrogen-bond donors (Lipinski definition) is 0. The van der Waals surface area contributed by atoms with Crippen molar-refractivity contribution < 1.29 is 0 Å². The molecule has 0 amide bonds. The minimum absolute atomic E-state index is 1.25. The molecule has 0 atom stereocenters. The maximum Gasteiger partial charge on any atom is -0.00268 e. The number of fused-ring (bicyclic) bond motifs is 26. The van der Waals surface area contributed by atoms with Crippen LogP contribution in [0.15, 0.2) is 534 Å². The second kappa shape index (κ2) is 42.3. The third-order valence-corrected chi connectivity index (χ3v) is 26.9. The molecule has 0 heteroatoms. The van der Waals surface area contributed by atoms with Gasteiger partial charge in [0.1, 0.15) is 0 Å². The molecule has 138 heavy (non-hydrogen) atoms. The van der Waals surface area contributed by atoms with Gasteiger partial charge in [0.25, 0.3) is 0 Å². The molecule has 5 aliphatic rings. The molecule has 2 saturated carbocycles. The highest BCUT2D eigenvalue weighted by Gasteiger charge is 2.13. The minimum atomic E-state index is 1.25. The van der Waals surface area contributed by atoms with Crippen molar-refractivity contribution in [3.05, 3.63) is 534 Å². The first-order valence-corrected chi connectivity index (χ1v) is 49.1. The highest BCUT2D eigenvalue weighted by Crippen LogP contribution is 2.40. The lowest BCUT2D eigenvalue weighted by atomic mass is 9.95. The summed E-state index contributed by atoms with van der Waals surface area (Å²) in [6, 6.07) is 174. The predicted octanol–water partition coefficient (Wildman–Crippen LogP) is 40.4. The minimum Gasteiger partial charge on any atom is -0.0882 e.